The van der Waals surface area contributed by atoms with Crippen LogP contribution in [-0.2, 0) is 27.4 Å². The lowest BCUT2D eigenvalue weighted by Gasteiger charge is -2.22. The Labute approximate surface area is 181 Å². The standard InChI is InChI=1S/C23H28N2O6/c1-23(2,3)31-22(29)25-19(21(27)28)14-24-20(26)13-16-9-11-18(12-10-16)30-15-17-7-5-4-6-8-17/h4-12,19H,13-15H2,1-3H3,(H,24,26)(H,25,29)(H,27,28). The largest absolute Gasteiger partial charge is 0.489 e. The third kappa shape index (κ3) is 9.20. The maximum atomic E-state index is 12.2. The number of rotatable bonds is 9. The monoisotopic (exact) mass is 428 g/mol. The molecule has 8 nitrogen and oxygen atoms in total. The summed E-state index contributed by atoms with van der Waals surface area (Å²) in [4.78, 5) is 35.3. The van der Waals surface area contributed by atoms with Crippen LogP contribution in [0.1, 0.15) is 31.9 Å². The summed E-state index contributed by atoms with van der Waals surface area (Å²) in [5.41, 5.74) is 1.04. The molecule has 0 spiro atoms. The Hall–Kier alpha value is -3.55. The summed E-state index contributed by atoms with van der Waals surface area (Å²) in [5.74, 6) is -0.957. The number of carbonyl (C=O) groups is 3. The second-order valence-corrected chi connectivity index (χ2v) is 7.94. The highest BCUT2D eigenvalue weighted by molar-refractivity contribution is 5.82. The van der Waals surface area contributed by atoms with E-state index in [0.29, 0.717) is 12.4 Å². The molecule has 8 heteroatoms. The van der Waals surface area contributed by atoms with Crippen LogP contribution in [0.3, 0.4) is 0 Å². The van der Waals surface area contributed by atoms with E-state index in [1.165, 1.54) is 0 Å². The summed E-state index contributed by atoms with van der Waals surface area (Å²) in [6, 6.07) is 15.6. The molecule has 2 amide bonds. The van der Waals surface area contributed by atoms with E-state index in [1.807, 2.05) is 30.3 Å². The highest BCUT2D eigenvalue weighted by Crippen LogP contribution is 2.14. The molecule has 0 saturated heterocycles. The zero-order valence-corrected chi connectivity index (χ0v) is 17.9. The number of alkyl carbamates (subject to hydrolysis) is 1. The number of ether oxygens (including phenoxy) is 2. The number of nitrogens with one attached hydrogen (secondary N) is 2. The average molecular weight is 428 g/mol. The molecule has 1 atom stereocenters. The van der Waals surface area contributed by atoms with Crippen LogP contribution in [0, 0.1) is 0 Å². The van der Waals surface area contributed by atoms with E-state index < -0.39 is 23.7 Å². The number of amides is 2. The molecule has 0 radical (unpaired) electrons. The SMILES string of the molecule is CC(C)(C)OC(=O)NC(CNC(=O)Cc1ccc(OCc2ccccc2)cc1)C(=O)O. The van der Waals surface area contributed by atoms with Gasteiger partial charge in [0, 0.05) is 6.54 Å². The second kappa shape index (κ2) is 11.0. The molecule has 2 aromatic carbocycles. The Morgan fingerprint density at radius 1 is 0.968 bits per heavy atom. The van der Waals surface area contributed by atoms with Crippen molar-refractivity contribution in [3.05, 3.63) is 65.7 Å². The van der Waals surface area contributed by atoms with Crippen molar-refractivity contribution in [1.29, 1.82) is 0 Å². The smallest absolute Gasteiger partial charge is 0.408 e. The minimum atomic E-state index is -1.30. The predicted octanol–water partition coefficient (Wildman–Crippen LogP) is 2.90. The van der Waals surface area contributed by atoms with Gasteiger partial charge in [0.25, 0.3) is 0 Å². The molecule has 0 aliphatic heterocycles. The third-order valence-electron chi connectivity index (χ3n) is 4.03. The number of aliphatic carboxylic acids is 1. The molecule has 3 N–H and O–H groups in total. The lowest BCUT2D eigenvalue weighted by molar-refractivity contribution is -0.139. The van der Waals surface area contributed by atoms with Gasteiger partial charge < -0.3 is 25.2 Å². The van der Waals surface area contributed by atoms with E-state index in [4.69, 9.17) is 9.47 Å². The summed E-state index contributed by atoms with van der Waals surface area (Å²) < 4.78 is 10.8. The van der Waals surface area contributed by atoms with Crippen LogP contribution in [0.25, 0.3) is 0 Å². The maximum absolute atomic E-state index is 12.2. The zero-order valence-electron chi connectivity index (χ0n) is 17.9. The molecule has 2 rings (SSSR count). The van der Waals surface area contributed by atoms with Gasteiger partial charge >= 0.3 is 12.1 Å². The van der Waals surface area contributed by atoms with Gasteiger partial charge in [-0.1, -0.05) is 42.5 Å². The molecule has 0 bridgehead atoms. The lowest BCUT2D eigenvalue weighted by atomic mass is 10.1. The number of benzene rings is 2. The molecule has 0 aromatic heterocycles. The Morgan fingerprint density at radius 2 is 1.61 bits per heavy atom. The van der Waals surface area contributed by atoms with Crippen LogP contribution < -0.4 is 15.4 Å². The Morgan fingerprint density at radius 3 is 2.19 bits per heavy atom. The average Bonchev–Trinajstić information content (AvgIpc) is 2.70. The van der Waals surface area contributed by atoms with Gasteiger partial charge in [0.05, 0.1) is 6.42 Å². The minimum Gasteiger partial charge on any atom is -0.489 e. The Bertz CT molecular complexity index is 875. The first-order valence-electron chi connectivity index (χ1n) is 9.87. The summed E-state index contributed by atoms with van der Waals surface area (Å²) >= 11 is 0. The summed E-state index contributed by atoms with van der Waals surface area (Å²) in [5, 5.41) is 14.0. The van der Waals surface area contributed by atoms with E-state index in [2.05, 4.69) is 10.6 Å². The van der Waals surface area contributed by atoms with E-state index in [9.17, 15) is 19.5 Å². The first kappa shape index (κ1) is 23.7. The highest BCUT2D eigenvalue weighted by Gasteiger charge is 2.24. The predicted molar refractivity (Wildman–Crippen MR) is 115 cm³/mol. The summed E-state index contributed by atoms with van der Waals surface area (Å²) in [6.07, 6.45) is -0.794. The molecule has 31 heavy (non-hydrogen) atoms. The molecule has 166 valence electrons. The first-order valence-corrected chi connectivity index (χ1v) is 9.87. The normalized spacial score (nSPS) is 11.8. The van der Waals surface area contributed by atoms with Gasteiger partial charge in [0.2, 0.25) is 5.91 Å². The quantitative estimate of drug-likeness (QED) is 0.566. The Balaban J connectivity index is 1.80. The van der Waals surface area contributed by atoms with Crippen molar-refractivity contribution in [3.63, 3.8) is 0 Å². The van der Waals surface area contributed by atoms with Crippen molar-refractivity contribution in [2.75, 3.05) is 6.54 Å². The fourth-order valence-corrected chi connectivity index (χ4v) is 2.56. The second-order valence-electron chi connectivity index (χ2n) is 7.94. The highest BCUT2D eigenvalue weighted by atomic mass is 16.6. The number of carboxylic acid groups (broad SMARTS) is 1. The maximum Gasteiger partial charge on any atom is 0.408 e. The van der Waals surface area contributed by atoms with Crippen LogP contribution in [0.5, 0.6) is 5.75 Å². The van der Waals surface area contributed by atoms with Crippen LogP contribution in [0.4, 0.5) is 4.79 Å². The van der Waals surface area contributed by atoms with Crippen LogP contribution in [0.15, 0.2) is 54.6 Å². The molecular formula is C23H28N2O6. The van der Waals surface area contributed by atoms with Crippen molar-refractivity contribution in [3.8, 4) is 5.75 Å². The van der Waals surface area contributed by atoms with Gasteiger partial charge in [-0.15, -0.1) is 0 Å². The van der Waals surface area contributed by atoms with Crippen LogP contribution in [0.2, 0.25) is 0 Å². The van der Waals surface area contributed by atoms with Gasteiger partial charge in [-0.25, -0.2) is 9.59 Å². The summed E-state index contributed by atoms with van der Waals surface area (Å²) in [7, 11) is 0. The number of hydrogen-bond acceptors (Lipinski definition) is 5. The van der Waals surface area contributed by atoms with Gasteiger partial charge in [-0.05, 0) is 44.0 Å². The van der Waals surface area contributed by atoms with Crippen LogP contribution >= 0.6 is 0 Å². The third-order valence-corrected chi connectivity index (χ3v) is 4.03. The molecule has 0 heterocycles. The lowest BCUT2D eigenvalue weighted by Crippen LogP contribution is -2.49. The zero-order chi connectivity index (χ0) is 22.9. The van der Waals surface area contributed by atoms with E-state index in [1.54, 1.807) is 45.0 Å². The first-order chi connectivity index (χ1) is 14.6. The van der Waals surface area contributed by atoms with Gasteiger partial charge in [-0.2, -0.15) is 0 Å². The molecule has 2 aromatic rings. The number of carbonyl (C=O) groups excluding carboxylic acids is 2. The van der Waals surface area contributed by atoms with Crippen molar-refractivity contribution >= 4 is 18.0 Å². The van der Waals surface area contributed by atoms with E-state index in [0.717, 1.165) is 11.1 Å². The number of carboxylic acids is 1. The summed E-state index contributed by atoms with van der Waals surface area (Å²) in [6.45, 7) is 5.19. The van der Waals surface area contributed by atoms with Crippen molar-refractivity contribution in [1.82, 2.24) is 10.6 Å². The molecule has 0 aliphatic rings. The van der Waals surface area contributed by atoms with Crippen molar-refractivity contribution in [2.45, 2.75) is 45.4 Å². The van der Waals surface area contributed by atoms with Crippen molar-refractivity contribution < 1.29 is 29.0 Å². The van der Waals surface area contributed by atoms with Crippen molar-refractivity contribution in [2.24, 2.45) is 0 Å². The molecule has 0 fully saturated rings. The fraction of sp³-hybridized carbons (Fsp3) is 0.348. The topological polar surface area (TPSA) is 114 Å². The molecular weight excluding hydrogens is 400 g/mol. The fourth-order valence-electron chi connectivity index (χ4n) is 2.56. The van der Waals surface area contributed by atoms with Gasteiger partial charge in [0.1, 0.15) is 24.0 Å². The molecule has 0 aliphatic carbocycles. The molecule has 1 unspecified atom stereocenters. The molecule has 0 saturated carbocycles. The van der Waals surface area contributed by atoms with Crippen LogP contribution in [-0.4, -0.2) is 41.3 Å². The van der Waals surface area contributed by atoms with Gasteiger partial charge in [-0.3, -0.25) is 4.79 Å². The van der Waals surface area contributed by atoms with E-state index in [-0.39, 0.29) is 18.9 Å². The van der Waals surface area contributed by atoms with E-state index >= 15 is 0 Å². The van der Waals surface area contributed by atoms with Gasteiger partial charge in [0.15, 0.2) is 0 Å². The Kier molecular flexibility index (Phi) is 8.43. The minimum absolute atomic E-state index is 0.0672. The number of hydrogen-bond donors (Lipinski definition) is 3.